The predicted molar refractivity (Wildman–Crippen MR) is 152 cm³/mol. The Morgan fingerprint density at radius 1 is 0.784 bits per heavy atom. The van der Waals surface area contributed by atoms with Crippen LogP contribution in [0.1, 0.15) is 4.88 Å². The van der Waals surface area contributed by atoms with Crippen molar-refractivity contribution in [2.45, 2.75) is 14.7 Å². The van der Waals surface area contributed by atoms with Crippen molar-refractivity contribution in [1.82, 2.24) is 0 Å². The van der Waals surface area contributed by atoms with E-state index in [4.69, 9.17) is 11.1 Å². The van der Waals surface area contributed by atoms with Crippen LogP contribution in [-0.4, -0.2) is 28.9 Å². The van der Waals surface area contributed by atoms with Crippen LogP contribution in [0.4, 0.5) is 5.69 Å². The van der Waals surface area contributed by atoms with Gasteiger partial charge in [-0.1, -0.05) is 60.7 Å². The molecule has 1 heterocycles. The van der Waals surface area contributed by atoms with Gasteiger partial charge in [0, 0.05) is 5.38 Å². The van der Waals surface area contributed by atoms with Gasteiger partial charge in [0.1, 0.15) is 5.84 Å². The Bertz CT molecular complexity index is 1790. The van der Waals surface area contributed by atoms with Crippen molar-refractivity contribution in [3.05, 3.63) is 95.2 Å². The second-order valence-electron chi connectivity index (χ2n) is 8.12. The van der Waals surface area contributed by atoms with Gasteiger partial charge < -0.3 is 5.73 Å². The third kappa shape index (κ3) is 4.37. The highest BCUT2D eigenvalue weighted by Gasteiger charge is 2.39. The number of anilines is 1. The molecule has 0 aliphatic carbocycles. The van der Waals surface area contributed by atoms with Gasteiger partial charge in [-0.3, -0.25) is 5.41 Å². The number of nitrogens with one attached hydrogen (secondary N) is 1. The molecule has 5 rings (SSSR count). The summed E-state index contributed by atoms with van der Waals surface area (Å²) in [6, 6.07) is 23.5. The minimum Gasteiger partial charge on any atom is -0.383 e. The third-order valence-electron chi connectivity index (χ3n) is 5.85. The van der Waals surface area contributed by atoms with E-state index in [2.05, 4.69) is 0 Å². The van der Waals surface area contributed by atoms with Gasteiger partial charge in [-0.15, -0.1) is 23.1 Å². The largest absolute Gasteiger partial charge is 0.383 e. The van der Waals surface area contributed by atoms with E-state index < -0.39 is 20.0 Å². The molecule has 0 aliphatic rings. The summed E-state index contributed by atoms with van der Waals surface area (Å²) >= 11 is 2.16. The van der Waals surface area contributed by atoms with E-state index in [1.165, 1.54) is 29.6 Å². The molecule has 4 aromatic carbocycles. The van der Waals surface area contributed by atoms with Crippen molar-refractivity contribution in [2.24, 2.45) is 5.73 Å². The zero-order chi connectivity index (χ0) is 26.4. The highest BCUT2D eigenvalue weighted by Crippen LogP contribution is 2.42. The lowest BCUT2D eigenvalue weighted by Gasteiger charge is -2.24. The normalized spacial score (nSPS) is 12.1. The number of benzene rings is 4. The molecule has 0 unspecified atom stereocenters. The molecule has 3 N–H and O–H groups in total. The molecule has 0 bridgehead atoms. The van der Waals surface area contributed by atoms with Crippen molar-refractivity contribution < 1.29 is 16.8 Å². The summed E-state index contributed by atoms with van der Waals surface area (Å²) in [5.74, 6) is -0.272. The average Bonchev–Trinajstić information content (AvgIpc) is 3.31. The van der Waals surface area contributed by atoms with Crippen LogP contribution >= 0.6 is 23.1 Å². The smallest absolute Gasteiger partial charge is 0.277 e. The first-order chi connectivity index (χ1) is 17.6. The fraction of sp³-hybridized carbons (Fsp3) is 0.0385. The average molecular weight is 568 g/mol. The number of nitrogens with zero attached hydrogens (tertiary/aromatic N) is 1. The Morgan fingerprint density at radius 2 is 1.24 bits per heavy atom. The summed E-state index contributed by atoms with van der Waals surface area (Å²) in [4.78, 5) is 0.262. The maximum absolute atomic E-state index is 14.2. The molecule has 0 fully saturated rings. The fourth-order valence-electron chi connectivity index (χ4n) is 4.08. The molecule has 1 aromatic heterocycles. The maximum atomic E-state index is 14.2. The Hall–Kier alpha value is -3.38. The SMILES string of the molecule is CSc1c(N(S(=O)(=O)c2ccc3ccccc3c2)S(=O)(=O)c2ccc3ccccc3c2)csc1C(=N)N. The molecule has 188 valence electrons. The maximum Gasteiger partial charge on any atom is 0.277 e. The minimum absolute atomic E-state index is 0.0657. The van der Waals surface area contributed by atoms with Crippen LogP contribution in [0.5, 0.6) is 0 Å². The number of hydrogen-bond donors (Lipinski definition) is 2. The van der Waals surface area contributed by atoms with Crippen LogP contribution in [0.25, 0.3) is 21.5 Å². The van der Waals surface area contributed by atoms with E-state index in [0.29, 0.717) is 24.3 Å². The van der Waals surface area contributed by atoms with Crippen LogP contribution in [0, 0.1) is 5.41 Å². The van der Waals surface area contributed by atoms with Crippen LogP contribution in [0.3, 0.4) is 0 Å². The summed E-state index contributed by atoms with van der Waals surface area (Å²) in [6.45, 7) is 0. The van der Waals surface area contributed by atoms with Crippen molar-refractivity contribution >= 4 is 76.2 Å². The number of sulfonamides is 2. The number of amidine groups is 1. The first kappa shape index (κ1) is 25.3. The molecule has 7 nitrogen and oxygen atoms in total. The first-order valence-corrected chi connectivity index (χ1v) is 15.9. The lowest BCUT2D eigenvalue weighted by atomic mass is 10.1. The number of rotatable bonds is 7. The molecule has 37 heavy (non-hydrogen) atoms. The van der Waals surface area contributed by atoms with Gasteiger partial charge in [0.2, 0.25) is 0 Å². The standard InChI is InChI=1S/C26H21N3O4S4/c1-34-24-23(16-35-25(24)26(27)28)29(36(30,31)21-12-10-17-6-2-4-8-19(17)14-21)37(32,33)22-13-11-18-7-3-5-9-20(18)15-22/h2-16H,1H3,(H3,27,28). The zero-order valence-electron chi connectivity index (χ0n) is 19.5. The van der Waals surface area contributed by atoms with Gasteiger partial charge in [-0.25, -0.2) is 16.8 Å². The van der Waals surface area contributed by atoms with E-state index in [1.54, 1.807) is 42.7 Å². The highest BCUT2D eigenvalue weighted by atomic mass is 32.3. The molecule has 0 radical (unpaired) electrons. The molecular formula is C26H21N3O4S4. The van der Waals surface area contributed by atoms with Crippen molar-refractivity contribution in [1.29, 1.82) is 5.41 Å². The van der Waals surface area contributed by atoms with E-state index in [-0.39, 0.29) is 21.3 Å². The Kier molecular flexibility index (Phi) is 6.48. The third-order valence-corrected chi connectivity index (χ3v) is 11.9. The van der Waals surface area contributed by atoms with Crippen molar-refractivity contribution in [3.8, 4) is 0 Å². The first-order valence-electron chi connectivity index (χ1n) is 10.9. The molecule has 0 saturated carbocycles. The molecule has 0 saturated heterocycles. The molecular weight excluding hydrogens is 547 g/mol. The van der Waals surface area contributed by atoms with Gasteiger partial charge in [-0.05, 0) is 52.1 Å². The van der Waals surface area contributed by atoms with E-state index >= 15 is 0 Å². The number of thiophene rings is 1. The monoisotopic (exact) mass is 567 g/mol. The molecule has 0 spiro atoms. The van der Waals surface area contributed by atoms with E-state index in [9.17, 15) is 16.8 Å². The number of thioether (sulfide) groups is 1. The summed E-state index contributed by atoms with van der Waals surface area (Å²) < 4.78 is 57.1. The quantitative estimate of drug-likeness (QED) is 0.149. The van der Waals surface area contributed by atoms with Crippen molar-refractivity contribution in [2.75, 3.05) is 9.97 Å². The van der Waals surface area contributed by atoms with Crippen molar-refractivity contribution in [3.63, 3.8) is 0 Å². The number of fused-ring (bicyclic) bond motifs is 2. The van der Waals surface area contributed by atoms with Gasteiger partial charge in [0.05, 0.1) is 25.3 Å². The molecule has 0 atom stereocenters. The molecule has 0 amide bonds. The van der Waals surface area contributed by atoms with Gasteiger partial charge in [0.25, 0.3) is 20.0 Å². The van der Waals surface area contributed by atoms with Gasteiger partial charge in [0.15, 0.2) is 0 Å². The highest BCUT2D eigenvalue weighted by molar-refractivity contribution is 8.10. The Labute approximate surface area is 223 Å². The minimum atomic E-state index is -4.62. The summed E-state index contributed by atoms with van der Waals surface area (Å²) in [6.07, 6.45) is 1.68. The van der Waals surface area contributed by atoms with Gasteiger partial charge >= 0.3 is 0 Å². The van der Waals surface area contributed by atoms with Gasteiger partial charge in [-0.2, -0.15) is 3.71 Å². The number of nitrogen functional groups attached to an aromatic ring is 1. The lowest BCUT2D eigenvalue weighted by Crippen LogP contribution is -2.37. The van der Waals surface area contributed by atoms with Crippen LogP contribution in [-0.2, 0) is 20.0 Å². The zero-order valence-corrected chi connectivity index (χ0v) is 22.7. The molecule has 0 aliphatic heterocycles. The topological polar surface area (TPSA) is 121 Å². The molecule has 5 aromatic rings. The second-order valence-corrected chi connectivity index (χ2v) is 13.6. The van der Waals surface area contributed by atoms with E-state index in [0.717, 1.165) is 33.9 Å². The Balaban J connectivity index is 1.78. The summed E-state index contributed by atoms with van der Waals surface area (Å²) in [5, 5.41) is 12.3. The number of nitrogens with two attached hydrogens (primary N) is 1. The molecule has 11 heteroatoms. The van der Waals surface area contributed by atoms with Crippen LogP contribution < -0.4 is 9.44 Å². The lowest BCUT2D eigenvalue weighted by molar-refractivity contribution is 0.584. The Morgan fingerprint density at radius 3 is 1.68 bits per heavy atom. The van der Waals surface area contributed by atoms with Crippen LogP contribution in [0.15, 0.2) is 105 Å². The summed E-state index contributed by atoms with van der Waals surface area (Å²) in [7, 11) is -9.24. The van der Waals surface area contributed by atoms with Crippen LogP contribution in [0.2, 0.25) is 0 Å². The second kappa shape index (κ2) is 9.49. The fourth-order valence-corrected chi connectivity index (χ4v) is 10.0. The summed E-state index contributed by atoms with van der Waals surface area (Å²) in [5.41, 5.74) is 5.67. The van der Waals surface area contributed by atoms with E-state index in [1.807, 2.05) is 24.3 Å². The number of hydrogen-bond acceptors (Lipinski definition) is 7. The predicted octanol–water partition coefficient (Wildman–Crippen LogP) is 5.64.